The fourth-order valence-corrected chi connectivity index (χ4v) is 4.52. The molecule has 2 aliphatic rings. The van der Waals surface area contributed by atoms with Crippen molar-refractivity contribution in [3.05, 3.63) is 24.0 Å². The molecule has 0 radical (unpaired) electrons. The van der Waals surface area contributed by atoms with Gasteiger partial charge in [-0.2, -0.15) is 15.0 Å². The van der Waals surface area contributed by atoms with E-state index in [9.17, 15) is 17.5 Å². The highest BCUT2D eigenvalue weighted by Crippen LogP contribution is 2.33. The summed E-state index contributed by atoms with van der Waals surface area (Å²) in [5, 5.41) is 0. The predicted molar refractivity (Wildman–Crippen MR) is 122 cm³/mol. The van der Waals surface area contributed by atoms with Gasteiger partial charge in [0.2, 0.25) is 17.8 Å². The third-order valence-corrected chi connectivity index (χ3v) is 6.32. The summed E-state index contributed by atoms with van der Waals surface area (Å²) >= 11 is -2.33. The van der Waals surface area contributed by atoms with Gasteiger partial charge in [0.15, 0.2) is 5.82 Å². The Balaban J connectivity index is 1.57. The van der Waals surface area contributed by atoms with Gasteiger partial charge in [0.05, 0.1) is 25.8 Å². The molecule has 1 atom stereocenters. The van der Waals surface area contributed by atoms with E-state index < -0.39 is 23.5 Å². The van der Waals surface area contributed by atoms with Gasteiger partial charge in [-0.15, -0.1) is 0 Å². The van der Waals surface area contributed by atoms with Crippen LogP contribution in [0.2, 0.25) is 0 Å². The molecule has 2 aromatic heterocycles. The Bertz CT molecular complexity index is 1230. The first-order valence-electron chi connectivity index (χ1n) is 10.9. The van der Waals surface area contributed by atoms with Crippen molar-refractivity contribution in [3.8, 4) is 11.7 Å². The summed E-state index contributed by atoms with van der Waals surface area (Å²) < 4.78 is 64.1. The van der Waals surface area contributed by atoms with Crippen LogP contribution in [0.4, 0.5) is 20.7 Å². The van der Waals surface area contributed by atoms with Crippen molar-refractivity contribution >= 4 is 34.2 Å². The van der Waals surface area contributed by atoms with Crippen molar-refractivity contribution in [1.82, 2.24) is 29.2 Å². The molecule has 15 heteroatoms. The van der Waals surface area contributed by atoms with Gasteiger partial charge in [-0.05, 0) is 12.1 Å². The molecule has 1 aromatic carbocycles. The Hall–Kier alpha value is -3.01. The summed E-state index contributed by atoms with van der Waals surface area (Å²) in [7, 11) is 1.45. The molecule has 35 heavy (non-hydrogen) atoms. The molecule has 188 valence electrons. The normalized spacial score (nSPS) is 17.7. The highest BCUT2D eigenvalue weighted by atomic mass is 32.2. The number of ether oxygens (including phenoxy) is 2. The van der Waals surface area contributed by atoms with E-state index in [4.69, 9.17) is 9.47 Å². The van der Waals surface area contributed by atoms with Crippen molar-refractivity contribution in [2.24, 2.45) is 5.92 Å². The number of benzene rings is 1. The predicted octanol–water partition coefficient (Wildman–Crippen LogP) is 0.813. The maximum atomic E-state index is 14.1. The fourth-order valence-electron chi connectivity index (χ4n) is 4.15. The van der Waals surface area contributed by atoms with Crippen LogP contribution in [0.1, 0.15) is 12.2 Å². The summed E-state index contributed by atoms with van der Waals surface area (Å²) in [6.45, 7) is 3.40. The number of anilines is 2. The number of morpholine rings is 1. The number of hydrogen-bond acceptors (Lipinski definition) is 10. The van der Waals surface area contributed by atoms with E-state index in [2.05, 4.69) is 24.7 Å². The van der Waals surface area contributed by atoms with Crippen molar-refractivity contribution in [1.29, 1.82) is 0 Å². The van der Waals surface area contributed by atoms with E-state index >= 15 is 0 Å². The number of nitrogens with zero attached hydrogens (tertiary/aromatic N) is 7. The van der Waals surface area contributed by atoms with Crippen LogP contribution in [0, 0.1) is 5.92 Å². The zero-order valence-electron chi connectivity index (χ0n) is 18.8. The minimum Gasteiger partial charge on any atom is -0.760 e. The summed E-state index contributed by atoms with van der Waals surface area (Å²) in [5.74, 6) is 0.624. The molecule has 0 spiro atoms. The van der Waals surface area contributed by atoms with Crippen LogP contribution in [0.5, 0.6) is 5.75 Å². The molecule has 3 aromatic rings. The second kappa shape index (κ2) is 9.93. The highest BCUT2D eigenvalue weighted by molar-refractivity contribution is 7.77. The topological polar surface area (TPSA) is 134 Å². The minimum atomic E-state index is -2.88. The first kappa shape index (κ1) is 23.7. The molecule has 0 aliphatic carbocycles. The van der Waals surface area contributed by atoms with Gasteiger partial charge >= 0.3 is 0 Å². The molecule has 1 N–H and O–H groups in total. The maximum absolute atomic E-state index is 14.1. The third kappa shape index (κ3) is 4.76. The van der Waals surface area contributed by atoms with Crippen molar-refractivity contribution in [2.45, 2.75) is 6.43 Å². The molecule has 1 unspecified atom stereocenters. The van der Waals surface area contributed by atoms with Crippen LogP contribution in [-0.4, -0.2) is 86.3 Å². The van der Waals surface area contributed by atoms with E-state index in [0.717, 1.165) is 0 Å². The van der Waals surface area contributed by atoms with Crippen LogP contribution >= 0.6 is 0 Å². The molecule has 2 aliphatic heterocycles. The molecular formula is C20H23F2N8O4S-. The average Bonchev–Trinajstić information content (AvgIpc) is 3.23. The lowest BCUT2D eigenvalue weighted by Gasteiger charge is -2.40. The van der Waals surface area contributed by atoms with E-state index in [1.807, 2.05) is 9.80 Å². The lowest BCUT2D eigenvalue weighted by atomic mass is 10.0. The monoisotopic (exact) mass is 509 g/mol. The number of nitrogens with one attached hydrogen (secondary N) is 1. The quantitative estimate of drug-likeness (QED) is 0.435. The average molecular weight is 510 g/mol. The van der Waals surface area contributed by atoms with Gasteiger partial charge in [-0.1, -0.05) is 6.07 Å². The molecule has 5 rings (SSSR count). The van der Waals surface area contributed by atoms with E-state index in [0.29, 0.717) is 69.1 Å². The summed E-state index contributed by atoms with van der Waals surface area (Å²) in [6.07, 6.45) is -2.88. The Morgan fingerprint density at radius 1 is 1.14 bits per heavy atom. The van der Waals surface area contributed by atoms with Gasteiger partial charge in [-0.25, -0.2) is 18.5 Å². The van der Waals surface area contributed by atoms with Gasteiger partial charge in [0.1, 0.15) is 11.3 Å². The largest absolute Gasteiger partial charge is 0.760 e. The fraction of sp³-hybridized carbons (Fsp3) is 0.500. The smallest absolute Gasteiger partial charge is 0.296 e. The molecule has 0 saturated carbocycles. The molecule has 0 bridgehead atoms. The molecular weight excluding hydrogens is 486 g/mol. The van der Waals surface area contributed by atoms with Crippen molar-refractivity contribution in [2.75, 3.05) is 62.8 Å². The molecule has 4 heterocycles. The van der Waals surface area contributed by atoms with E-state index in [-0.39, 0.29) is 17.4 Å². The second-order valence-electron chi connectivity index (χ2n) is 8.12. The first-order chi connectivity index (χ1) is 16.9. The van der Waals surface area contributed by atoms with Gasteiger partial charge in [0.25, 0.3) is 6.43 Å². The summed E-state index contributed by atoms with van der Waals surface area (Å²) in [6, 6.07) is 4.99. The molecule has 2 fully saturated rings. The third-order valence-electron chi connectivity index (χ3n) is 5.91. The SMILES string of the molecule is COc1cccc2c1nc(C(F)F)n2-c1nc(N2CCOCC2)nc(N2CC(CNS(=O)[O-])C2)n1. The maximum Gasteiger partial charge on any atom is 0.296 e. The Kier molecular flexibility index (Phi) is 6.73. The number of rotatable bonds is 8. The number of alkyl halides is 2. The Labute approximate surface area is 201 Å². The van der Waals surface area contributed by atoms with E-state index in [1.54, 1.807) is 18.2 Å². The number of aromatic nitrogens is 5. The number of methoxy groups -OCH3 is 1. The van der Waals surface area contributed by atoms with Crippen molar-refractivity contribution in [3.63, 3.8) is 0 Å². The second-order valence-corrected chi connectivity index (χ2v) is 8.88. The number of para-hydroxylation sites is 1. The minimum absolute atomic E-state index is 0.0183. The van der Waals surface area contributed by atoms with Crippen LogP contribution < -0.4 is 19.3 Å². The van der Waals surface area contributed by atoms with Crippen molar-refractivity contribution < 1.29 is 27.0 Å². The zero-order valence-corrected chi connectivity index (χ0v) is 19.6. The zero-order chi connectivity index (χ0) is 24.5. The molecule has 0 amide bonds. The Morgan fingerprint density at radius 2 is 1.83 bits per heavy atom. The number of fused-ring (bicyclic) bond motifs is 1. The summed E-state index contributed by atoms with van der Waals surface area (Å²) in [5.41, 5.74) is 0.661. The Morgan fingerprint density at radius 3 is 2.49 bits per heavy atom. The number of halogens is 2. The van der Waals surface area contributed by atoms with Crippen LogP contribution in [-0.2, 0) is 16.0 Å². The lowest BCUT2D eigenvalue weighted by molar-refractivity contribution is 0.122. The highest BCUT2D eigenvalue weighted by Gasteiger charge is 2.31. The van der Waals surface area contributed by atoms with Crippen LogP contribution in [0.25, 0.3) is 17.0 Å². The lowest BCUT2D eigenvalue weighted by Crippen LogP contribution is -2.52. The van der Waals surface area contributed by atoms with Crippen LogP contribution in [0.15, 0.2) is 18.2 Å². The number of hydrogen-bond donors (Lipinski definition) is 1. The standard InChI is InChI=1S/C20H24F2N8O4S/c1-33-14-4-2-3-13-15(14)24-17(16(21)22)30(13)20-26-18(28-5-7-34-8-6-28)25-19(27-20)29-10-12(11-29)9-23-35(31)32/h2-4,12,16,23H,5-11H2,1H3,(H,31,32)/p-1. The first-order valence-corrected chi connectivity index (χ1v) is 12.0. The van der Waals surface area contributed by atoms with E-state index in [1.165, 1.54) is 11.7 Å². The summed E-state index contributed by atoms with van der Waals surface area (Å²) in [4.78, 5) is 21.6. The van der Waals surface area contributed by atoms with Gasteiger partial charge < -0.3 is 23.8 Å². The van der Waals surface area contributed by atoms with Gasteiger partial charge in [0, 0.05) is 49.9 Å². The molecule has 12 nitrogen and oxygen atoms in total. The van der Waals surface area contributed by atoms with Gasteiger partial charge in [-0.3, -0.25) is 8.78 Å². The molecule has 2 saturated heterocycles. The van der Waals surface area contributed by atoms with Crippen LogP contribution in [0.3, 0.4) is 0 Å². The number of imidazole rings is 1.